The van der Waals surface area contributed by atoms with E-state index < -0.39 is 29.3 Å². The number of halogens is 3. The molecule has 0 aliphatic carbocycles. The molecule has 0 aliphatic heterocycles. The monoisotopic (exact) mass is 506 g/mol. The van der Waals surface area contributed by atoms with Gasteiger partial charge >= 0.3 is 12.3 Å². The number of hydrogen-bond donors (Lipinski definition) is 4. The zero-order chi connectivity index (χ0) is 25.5. The predicted molar refractivity (Wildman–Crippen MR) is 128 cm³/mol. The minimum absolute atomic E-state index is 0.0241. The topological polar surface area (TPSA) is 121 Å². The summed E-state index contributed by atoms with van der Waals surface area (Å²) in [5.41, 5.74) is -0.321. The van der Waals surface area contributed by atoms with Gasteiger partial charge < -0.3 is 10.1 Å². The van der Waals surface area contributed by atoms with Gasteiger partial charge in [-0.25, -0.2) is 9.78 Å². The van der Waals surface area contributed by atoms with Gasteiger partial charge in [0.2, 0.25) is 0 Å². The lowest BCUT2D eigenvalue weighted by Crippen LogP contribution is -2.44. The third-order valence-corrected chi connectivity index (χ3v) is 6.30. The number of nitrogens with one attached hydrogen (secondary N) is 4. The molecule has 0 bridgehead atoms. The van der Waals surface area contributed by atoms with Crippen molar-refractivity contribution < 1.29 is 27.5 Å². The number of alkyl halides is 3. The number of thiazole rings is 1. The lowest BCUT2D eigenvalue weighted by atomic mass is 10.0. The van der Waals surface area contributed by atoms with Gasteiger partial charge in [-0.3, -0.25) is 20.5 Å². The smallest absolute Gasteiger partial charge is 0.418 e. The van der Waals surface area contributed by atoms with Crippen LogP contribution in [0.15, 0.2) is 30.5 Å². The zero-order valence-corrected chi connectivity index (χ0v) is 19.9. The summed E-state index contributed by atoms with van der Waals surface area (Å²) in [6.45, 7) is 5.02. The van der Waals surface area contributed by atoms with Crippen LogP contribution < -0.4 is 16.0 Å². The number of nitrogens with zero attached hydrogens (tertiary/aromatic N) is 2. The number of rotatable bonds is 5. The van der Waals surface area contributed by atoms with Crippen molar-refractivity contribution in [2.45, 2.75) is 32.5 Å². The fourth-order valence-corrected chi connectivity index (χ4v) is 4.42. The van der Waals surface area contributed by atoms with Gasteiger partial charge in [0.15, 0.2) is 5.13 Å². The first kappa shape index (κ1) is 24.3. The third kappa shape index (κ3) is 4.85. The summed E-state index contributed by atoms with van der Waals surface area (Å²) < 4.78 is 45.7. The Morgan fingerprint density at radius 3 is 2.57 bits per heavy atom. The van der Waals surface area contributed by atoms with Crippen LogP contribution in [0.5, 0.6) is 0 Å². The molecule has 0 spiro atoms. The van der Waals surface area contributed by atoms with Crippen LogP contribution >= 0.6 is 11.3 Å². The Balaban J connectivity index is 1.60. The quantitative estimate of drug-likeness (QED) is 0.283. The normalized spacial score (nSPS) is 12.1. The molecule has 0 aliphatic rings. The zero-order valence-electron chi connectivity index (χ0n) is 19.0. The van der Waals surface area contributed by atoms with Crippen molar-refractivity contribution in [1.82, 2.24) is 15.2 Å². The second-order valence-electron chi connectivity index (χ2n) is 8.30. The van der Waals surface area contributed by atoms with Crippen molar-refractivity contribution >= 4 is 61.0 Å². The van der Waals surface area contributed by atoms with Gasteiger partial charge in [-0.15, -0.1) is 0 Å². The van der Waals surface area contributed by atoms with E-state index in [0.717, 1.165) is 23.0 Å². The van der Waals surface area contributed by atoms with Crippen molar-refractivity contribution in [3.05, 3.63) is 41.6 Å². The molecule has 0 unspecified atom stereocenters. The Morgan fingerprint density at radius 1 is 1.14 bits per heavy atom. The number of anilines is 3. The highest BCUT2D eigenvalue weighted by molar-refractivity contribution is 7.23. The highest BCUT2D eigenvalue weighted by Gasteiger charge is 2.36. The number of H-pyrrole nitrogens is 1. The maximum Gasteiger partial charge on any atom is 0.418 e. The second kappa shape index (κ2) is 8.73. The SMILES string of the molecule is COC(=O)Nc1cc(NC(C)(C)C(=O)Nc2nc3c(C(F)(F)F)cc4[nH]ncc4c3s2)ccc1C. The molecule has 2 heterocycles. The fraction of sp³-hybridized carbons (Fsp3) is 0.273. The first-order valence-corrected chi connectivity index (χ1v) is 11.1. The summed E-state index contributed by atoms with van der Waals surface area (Å²) in [5.74, 6) is -0.517. The predicted octanol–water partition coefficient (Wildman–Crippen LogP) is 5.51. The van der Waals surface area contributed by atoms with Crippen LogP contribution in [0.1, 0.15) is 25.0 Å². The van der Waals surface area contributed by atoms with E-state index >= 15 is 0 Å². The molecule has 184 valence electrons. The standard InChI is InChI=1S/C22H21F3N6O3S/c1-10-5-6-11(7-14(10)27-20(33)34-4)30-21(2,3)18(32)29-19-28-16-13(22(23,24)25)8-15-12(9-26-31-15)17(16)35-19/h5-9,30H,1-4H3,(H,26,31)(H,27,33)(H,28,29,32). The molecule has 4 N–H and O–H groups in total. The first-order valence-electron chi connectivity index (χ1n) is 10.3. The van der Waals surface area contributed by atoms with Crippen molar-refractivity contribution in [2.75, 3.05) is 23.1 Å². The van der Waals surface area contributed by atoms with Crippen molar-refractivity contribution in [1.29, 1.82) is 0 Å². The molecule has 2 aromatic carbocycles. The Morgan fingerprint density at radius 2 is 1.89 bits per heavy atom. The van der Waals surface area contributed by atoms with Gasteiger partial charge in [-0.2, -0.15) is 18.3 Å². The molecule has 4 aromatic rings. The van der Waals surface area contributed by atoms with Crippen LogP contribution in [-0.4, -0.2) is 39.8 Å². The Labute approximate surface area is 201 Å². The van der Waals surface area contributed by atoms with Crippen LogP contribution in [-0.2, 0) is 15.7 Å². The largest absolute Gasteiger partial charge is 0.453 e. The molecular weight excluding hydrogens is 485 g/mol. The number of carbonyl (C=O) groups excluding carboxylic acids is 2. The minimum Gasteiger partial charge on any atom is -0.453 e. The maximum absolute atomic E-state index is 13.6. The number of methoxy groups -OCH3 is 1. The van der Waals surface area contributed by atoms with E-state index in [4.69, 9.17) is 0 Å². The molecule has 2 aromatic heterocycles. The summed E-state index contributed by atoms with van der Waals surface area (Å²) >= 11 is 0.934. The number of aromatic nitrogens is 3. The van der Waals surface area contributed by atoms with Gasteiger partial charge in [-0.05, 0) is 44.5 Å². The molecule has 2 amide bonds. The van der Waals surface area contributed by atoms with E-state index in [9.17, 15) is 22.8 Å². The molecule has 0 atom stereocenters. The van der Waals surface area contributed by atoms with Crippen LogP contribution in [0, 0.1) is 6.92 Å². The molecule has 13 heteroatoms. The van der Waals surface area contributed by atoms with E-state index in [-0.39, 0.29) is 20.9 Å². The number of benzene rings is 2. The highest BCUT2D eigenvalue weighted by Crippen LogP contribution is 2.41. The van der Waals surface area contributed by atoms with E-state index in [2.05, 4.69) is 35.9 Å². The Bertz CT molecular complexity index is 1440. The Kier molecular flexibility index (Phi) is 6.05. The summed E-state index contributed by atoms with van der Waals surface area (Å²) in [7, 11) is 1.25. The lowest BCUT2D eigenvalue weighted by molar-refractivity contribution is -0.136. The summed E-state index contributed by atoms with van der Waals surface area (Å²) in [6, 6.07) is 6.09. The molecule has 0 saturated carbocycles. The van der Waals surface area contributed by atoms with E-state index in [0.29, 0.717) is 16.8 Å². The number of fused-ring (bicyclic) bond motifs is 3. The van der Waals surface area contributed by atoms with E-state index in [1.54, 1.807) is 39.0 Å². The average Bonchev–Trinajstić information content (AvgIpc) is 3.40. The number of hydrogen-bond acceptors (Lipinski definition) is 7. The summed E-state index contributed by atoms with van der Waals surface area (Å²) in [6.07, 6.45) is -3.84. The average molecular weight is 507 g/mol. The van der Waals surface area contributed by atoms with Crippen LogP contribution in [0.2, 0.25) is 0 Å². The van der Waals surface area contributed by atoms with Crippen LogP contribution in [0.25, 0.3) is 21.1 Å². The minimum atomic E-state index is -4.63. The number of ether oxygens (including phenoxy) is 1. The first-order chi connectivity index (χ1) is 16.4. The third-order valence-electron chi connectivity index (χ3n) is 5.29. The van der Waals surface area contributed by atoms with Crippen LogP contribution in [0.3, 0.4) is 0 Å². The highest BCUT2D eigenvalue weighted by atomic mass is 32.1. The molecule has 0 radical (unpaired) electrons. The molecule has 9 nitrogen and oxygen atoms in total. The number of amides is 2. The molecule has 0 saturated heterocycles. The fourth-order valence-electron chi connectivity index (χ4n) is 3.42. The lowest BCUT2D eigenvalue weighted by Gasteiger charge is -2.26. The van der Waals surface area contributed by atoms with E-state index in [1.807, 2.05) is 0 Å². The number of aromatic amines is 1. The van der Waals surface area contributed by atoms with Gasteiger partial charge in [0.25, 0.3) is 5.91 Å². The molecular formula is C22H21F3N6O3S. The van der Waals surface area contributed by atoms with Crippen molar-refractivity contribution in [3.63, 3.8) is 0 Å². The summed E-state index contributed by atoms with van der Waals surface area (Å²) in [4.78, 5) is 28.7. The number of carbonyl (C=O) groups is 2. The molecule has 0 fully saturated rings. The van der Waals surface area contributed by atoms with E-state index in [1.165, 1.54) is 13.3 Å². The van der Waals surface area contributed by atoms with Gasteiger partial charge in [0.1, 0.15) is 5.54 Å². The number of aryl methyl sites for hydroxylation is 1. The van der Waals surface area contributed by atoms with Crippen LogP contribution in [0.4, 0.5) is 34.5 Å². The summed E-state index contributed by atoms with van der Waals surface area (Å²) in [5, 5.41) is 15.1. The molecule has 35 heavy (non-hydrogen) atoms. The van der Waals surface area contributed by atoms with Gasteiger partial charge in [-0.1, -0.05) is 17.4 Å². The Hall–Kier alpha value is -3.87. The van der Waals surface area contributed by atoms with Crippen molar-refractivity contribution in [2.24, 2.45) is 0 Å². The van der Waals surface area contributed by atoms with Gasteiger partial charge in [0.05, 0.1) is 34.6 Å². The second-order valence-corrected chi connectivity index (χ2v) is 9.30. The van der Waals surface area contributed by atoms with Crippen molar-refractivity contribution in [3.8, 4) is 0 Å². The maximum atomic E-state index is 13.6. The molecule has 4 rings (SSSR count). The van der Waals surface area contributed by atoms with Gasteiger partial charge in [0, 0.05) is 16.8 Å².